The molecule has 6 heteroatoms. The van der Waals surface area contributed by atoms with E-state index in [0.29, 0.717) is 12.1 Å². The quantitative estimate of drug-likeness (QED) is 0.323. The molecule has 1 aromatic carbocycles. The van der Waals surface area contributed by atoms with Crippen molar-refractivity contribution in [3.05, 3.63) is 34.3 Å². The molecule has 152 valence electrons. The summed E-state index contributed by atoms with van der Waals surface area (Å²) in [6.07, 6.45) is 6.21. The molecule has 3 rings (SSSR count). The van der Waals surface area contributed by atoms with Crippen LogP contribution in [-0.4, -0.2) is 49.6 Å². The molecule has 0 amide bonds. The Morgan fingerprint density at radius 1 is 1.22 bits per heavy atom. The van der Waals surface area contributed by atoms with E-state index in [9.17, 15) is 0 Å². The predicted molar refractivity (Wildman–Crippen MR) is 129 cm³/mol. The average molecular weight is 549 g/mol. The van der Waals surface area contributed by atoms with Gasteiger partial charge in [-0.2, -0.15) is 0 Å². The molecule has 1 aliphatic carbocycles. The van der Waals surface area contributed by atoms with Crippen molar-refractivity contribution in [1.29, 1.82) is 0 Å². The van der Waals surface area contributed by atoms with Crippen LogP contribution in [0.4, 0.5) is 0 Å². The first kappa shape index (κ1) is 22.9. The topological polar surface area (TPSA) is 39.7 Å². The first-order chi connectivity index (χ1) is 12.5. The van der Waals surface area contributed by atoms with Crippen molar-refractivity contribution >= 4 is 45.9 Å². The Labute approximate surface area is 190 Å². The molecule has 0 bridgehead atoms. The molecule has 2 fully saturated rings. The van der Waals surface area contributed by atoms with Gasteiger partial charge in [0.25, 0.3) is 0 Å². The maximum absolute atomic E-state index is 4.48. The fourth-order valence-corrected chi connectivity index (χ4v) is 4.44. The number of guanidine groups is 1. The van der Waals surface area contributed by atoms with E-state index in [1.54, 1.807) is 0 Å². The standard InChI is InChI=1S/C21H33BrN4.HI/c1-16(2)26-13-9-19(10-14-26)25-20(23-3)24-15-21(11-4-12-21)17-5-7-18(22)8-6-17;/h5-8,16,19H,4,9-15H2,1-3H3,(H2,23,24,25);1H. The Balaban J connectivity index is 0.00000261. The zero-order valence-electron chi connectivity index (χ0n) is 16.8. The van der Waals surface area contributed by atoms with Crippen molar-refractivity contribution < 1.29 is 0 Å². The highest BCUT2D eigenvalue weighted by atomic mass is 127. The summed E-state index contributed by atoms with van der Waals surface area (Å²) in [6.45, 7) is 7.88. The van der Waals surface area contributed by atoms with Crippen LogP contribution in [0.25, 0.3) is 0 Å². The van der Waals surface area contributed by atoms with Gasteiger partial charge < -0.3 is 15.5 Å². The number of hydrogen-bond acceptors (Lipinski definition) is 2. The second kappa shape index (κ2) is 10.4. The fraction of sp³-hybridized carbons (Fsp3) is 0.667. The molecule has 4 nitrogen and oxygen atoms in total. The second-order valence-corrected chi connectivity index (χ2v) is 9.03. The number of piperidine rings is 1. The van der Waals surface area contributed by atoms with Crippen molar-refractivity contribution in [2.24, 2.45) is 4.99 Å². The van der Waals surface area contributed by atoms with Gasteiger partial charge in [0.05, 0.1) is 0 Å². The minimum Gasteiger partial charge on any atom is -0.356 e. The third-order valence-electron chi connectivity index (χ3n) is 6.19. The molecular weight excluding hydrogens is 515 g/mol. The highest BCUT2D eigenvalue weighted by molar-refractivity contribution is 14.0. The molecule has 1 saturated heterocycles. The Morgan fingerprint density at radius 3 is 2.33 bits per heavy atom. The third-order valence-corrected chi connectivity index (χ3v) is 6.71. The van der Waals surface area contributed by atoms with Gasteiger partial charge in [0.15, 0.2) is 5.96 Å². The molecule has 1 aliphatic heterocycles. The fourth-order valence-electron chi connectivity index (χ4n) is 4.18. The van der Waals surface area contributed by atoms with Crippen LogP contribution in [0.15, 0.2) is 33.7 Å². The van der Waals surface area contributed by atoms with E-state index < -0.39 is 0 Å². The Kier molecular flexibility index (Phi) is 8.87. The number of likely N-dealkylation sites (tertiary alicyclic amines) is 1. The molecule has 1 aromatic rings. The van der Waals surface area contributed by atoms with E-state index in [2.05, 4.69) is 74.6 Å². The van der Waals surface area contributed by atoms with Gasteiger partial charge in [-0.05, 0) is 57.2 Å². The van der Waals surface area contributed by atoms with Crippen LogP contribution in [-0.2, 0) is 5.41 Å². The Morgan fingerprint density at radius 2 is 1.85 bits per heavy atom. The number of benzene rings is 1. The van der Waals surface area contributed by atoms with E-state index in [1.165, 1.54) is 50.8 Å². The molecule has 2 aliphatic rings. The summed E-state index contributed by atoms with van der Waals surface area (Å²) < 4.78 is 1.15. The molecular formula is C21H34BrIN4. The van der Waals surface area contributed by atoms with Crippen molar-refractivity contribution in [3.8, 4) is 0 Å². The van der Waals surface area contributed by atoms with E-state index in [-0.39, 0.29) is 29.4 Å². The first-order valence-electron chi connectivity index (χ1n) is 10.00. The molecule has 1 heterocycles. The van der Waals surface area contributed by atoms with Crippen LogP contribution < -0.4 is 10.6 Å². The maximum Gasteiger partial charge on any atom is 0.191 e. The number of aliphatic imine (C=N–C) groups is 1. The zero-order chi connectivity index (χ0) is 18.6. The average Bonchev–Trinajstić information content (AvgIpc) is 2.61. The summed E-state index contributed by atoms with van der Waals surface area (Å²) in [5, 5.41) is 7.27. The van der Waals surface area contributed by atoms with Gasteiger partial charge in [-0.15, -0.1) is 24.0 Å². The largest absolute Gasteiger partial charge is 0.356 e. The number of nitrogens with one attached hydrogen (secondary N) is 2. The van der Waals surface area contributed by atoms with Crippen molar-refractivity contribution in [1.82, 2.24) is 15.5 Å². The van der Waals surface area contributed by atoms with Crippen LogP contribution in [0.3, 0.4) is 0 Å². The van der Waals surface area contributed by atoms with E-state index in [1.807, 2.05) is 7.05 Å². The molecule has 0 aromatic heterocycles. The van der Waals surface area contributed by atoms with Crippen LogP contribution >= 0.6 is 39.9 Å². The lowest BCUT2D eigenvalue weighted by atomic mass is 9.64. The van der Waals surface area contributed by atoms with Gasteiger partial charge >= 0.3 is 0 Å². The summed E-state index contributed by atoms with van der Waals surface area (Å²) in [4.78, 5) is 7.04. The summed E-state index contributed by atoms with van der Waals surface area (Å²) >= 11 is 3.55. The van der Waals surface area contributed by atoms with Crippen LogP contribution in [0.1, 0.15) is 51.5 Å². The van der Waals surface area contributed by atoms with E-state index in [4.69, 9.17) is 0 Å². The van der Waals surface area contributed by atoms with Gasteiger partial charge in [0.1, 0.15) is 0 Å². The third kappa shape index (κ3) is 5.82. The van der Waals surface area contributed by atoms with Crippen molar-refractivity contribution in [2.45, 2.75) is 63.5 Å². The van der Waals surface area contributed by atoms with Crippen LogP contribution in [0, 0.1) is 0 Å². The molecule has 0 atom stereocenters. The molecule has 0 unspecified atom stereocenters. The maximum atomic E-state index is 4.48. The predicted octanol–water partition coefficient (Wildman–Crippen LogP) is 4.53. The number of hydrogen-bond donors (Lipinski definition) is 2. The van der Waals surface area contributed by atoms with Gasteiger partial charge in [-0.25, -0.2) is 0 Å². The first-order valence-corrected chi connectivity index (χ1v) is 10.8. The highest BCUT2D eigenvalue weighted by Crippen LogP contribution is 2.43. The van der Waals surface area contributed by atoms with E-state index >= 15 is 0 Å². The highest BCUT2D eigenvalue weighted by Gasteiger charge is 2.38. The van der Waals surface area contributed by atoms with Gasteiger partial charge in [-0.1, -0.05) is 34.5 Å². The number of halogens is 2. The minimum atomic E-state index is 0. The molecule has 1 saturated carbocycles. The van der Waals surface area contributed by atoms with Crippen molar-refractivity contribution in [3.63, 3.8) is 0 Å². The molecule has 0 radical (unpaired) electrons. The molecule has 27 heavy (non-hydrogen) atoms. The normalized spacial score (nSPS) is 20.7. The smallest absolute Gasteiger partial charge is 0.191 e. The summed E-state index contributed by atoms with van der Waals surface area (Å²) in [5.74, 6) is 0.955. The zero-order valence-corrected chi connectivity index (χ0v) is 20.7. The molecule has 0 spiro atoms. The number of nitrogens with zero attached hydrogens (tertiary/aromatic N) is 2. The second-order valence-electron chi connectivity index (χ2n) is 8.11. The lowest BCUT2D eigenvalue weighted by molar-refractivity contribution is 0.167. The monoisotopic (exact) mass is 548 g/mol. The van der Waals surface area contributed by atoms with Crippen LogP contribution in [0.5, 0.6) is 0 Å². The lowest BCUT2D eigenvalue weighted by Gasteiger charge is -2.43. The molecule has 2 N–H and O–H groups in total. The van der Waals surface area contributed by atoms with Crippen LogP contribution in [0.2, 0.25) is 0 Å². The summed E-state index contributed by atoms with van der Waals surface area (Å²) in [5.41, 5.74) is 1.71. The van der Waals surface area contributed by atoms with Gasteiger partial charge in [0.2, 0.25) is 0 Å². The van der Waals surface area contributed by atoms with Gasteiger partial charge in [0, 0.05) is 48.7 Å². The SMILES string of the molecule is CN=C(NCC1(c2ccc(Br)cc2)CCC1)NC1CCN(C(C)C)CC1.I. The number of rotatable bonds is 5. The Bertz CT molecular complexity index is 605. The van der Waals surface area contributed by atoms with Crippen molar-refractivity contribution in [2.75, 3.05) is 26.7 Å². The minimum absolute atomic E-state index is 0. The summed E-state index contributed by atoms with van der Waals surface area (Å²) in [7, 11) is 1.88. The lowest BCUT2D eigenvalue weighted by Crippen LogP contribution is -2.53. The van der Waals surface area contributed by atoms with Gasteiger partial charge in [-0.3, -0.25) is 4.99 Å². The summed E-state index contributed by atoms with van der Waals surface area (Å²) in [6, 6.07) is 10.0. The Hall–Kier alpha value is -0.340. The van der Waals surface area contributed by atoms with E-state index in [0.717, 1.165) is 17.0 Å².